The Morgan fingerprint density at radius 1 is 0.864 bits per heavy atom. The van der Waals surface area contributed by atoms with Crippen LogP contribution in [0.3, 0.4) is 0 Å². The van der Waals surface area contributed by atoms with Crippen LogP contribution in [-0.4, -0.2) is 29.0 Å². The van der Waals surface area contributed by atoms with E-state index in [9.17, 15) is 19.7 Å². The number of amides is 2. The van der Waals surface area contributed by atoms with E-state index in [1.165, 1.54) is 35.1 Å². The maximum Gasteiger partial charge on any atom is 0.270 e. The number of thiocarbonyl (C=S) groups is 1. The molecule has 0 saturated carbocycles. The molecule has 1 aliphatic heterocycles. The van der Waals surface area contributed by atoms with Crippen molar-refractivity contribution in [3.05, 3.63) is 127 Å². The second kappa shape index (κ2) is 12.8. The van der Waals surface area contributed by atoms with E-state index in [-0.39, 0.29) is 23.0 Å². The Kier molecular flexibility index (Phi) is 8.88. The van der Waals surface area contributed by atoms with Crippen LogP contribution in [-0.2, 0) is 16.2 Å². The lowest BCUT2D eigenvalue weighted by atomic mass is 10.0. The van der Waals surface area contributed by atoms with Crippen molar-refractivity contribution in [3.8, 4) is 11.5 Å². The molecule has 9 nitrogen and oxygen atoms in total. The highest BCUT2D eigenvalue weighted by atomic mass is 79.9. The third kappa shape index (κ3) is 6.24. The van der Waals surface area contributed by atoms with Crippen molar-refractivity contribution in [2.75, 3.05) is 16.9 Å². The van der Waals surface area contributed by atoms with E-state index in [0.717, 1.165) is 16.7 Å². The van der Waals surface area contributed by atoms with Crippen molar-refractivity contribution in [2.24, 2.45) is 0 Å². The van der Waals surface area contributed by atoms with Crippen molar-refractivity contribution >= 4 is 68.2 Å². The average molecular weight is 673 g/mol. The third-order valence-electron chi connectivity index (χ3n) is 6.93. The largest absolute Gasteiger partial charge is 0.493 e. The highest BCUT2D eigenvalue weighted by Gasteiger charge is 2.41. The van der Waals surface area contributed by atoms with E-state index in [1.54, 1.807) is 48.5 Å². The van der Waals surface area contributed by atoms with Crippen LogP contribution in [0.15, 0.2) is 95.0 Å². The summed E-state index contributed by atoms with van der Waals surface area (Å²) in [5.74, 6) is -0.371. The molecule has 4 aromatic rings. The highest BCUT2D eigenvalue weighted by Crippen LogP contribution is 2.39. The molecule has 0 aliphatic carbocycles. The number of aryl methyl sites for hydroxylation is 2. The Balaban J connectivity index is 1.51. The minimum Gasteiger partial charge on any atom is -0.493 e. The summed E-state index contributed by atoms with van der Waals surface area (Å²) in [6.07, 6.45) is 1.50. The molecule has 0 N–H and O–H groups in total. The average Bonchev–Trinajstić information content (AvgIpc) is 3.00. The molecule has 0 bridgehead atoms. The Morgan fingerprint density at radius 2 is 1.39 bits per heavy atom. The second-order valence-corrected chi connectivity index (χ2v) is 11.3. The monoisotopic (exact) mass is 671 g/mol. The smallest absolute Gasteiger partial charge is 0.270 e. The molecule has 0 radical (unpaired) electrons. The van der Waals surface area contributed by atoms with E-state index in [1.807, 2.05) is 38.1 Å². The van der Waals surface area contributed by atoms with Crippen molar-refractivity contribution < 1.29 is 24.0 Å². The molecule has 0 unspecified atom stereocenters. The SMILES string of the molecule is COc1cc(C=C2C(=O)N(c3ccc(C)cc3)C(=S)N(c3ccc(C)cc3)C2=O)cc(Br)c1OCc1ccc([N+](=O)[O-])cc1. The number of ether oxygens (including phenoxy) is 2. The van der Waals surface area contributed by atoms with Gasteiger partial charge in [-0.2, -0.15) is 0 Å². The molecule has 44 heavy (non-hydrogen) atoms. The summed E-state index contributed by atoms with van der Waals surface area (Å²) >= 11 is 9.25. The first-order valence-corrected chi connectivity index (χ1v) is 14.6. The normalized spacial score (nSPS) is 13.3. The third-order valence-corrected chi connectivity index (χ3v) is 7.88. The molecule has 2 amide bonds. The van der Waals surface area contributed by atoms with Gasteiger partial charge in [0, 0.05) is 12.1 Å². The van der Waals surface area contributed by atoms with Gasteiger partial charge in [-0.15, -0.1) is 0 Å². The van der Waals surface area contributed by atoms with Gasteiger partial charge in [-0.3, -0.25) is 29.5 Å². The summed E-state index contributed by atoms with van der Waals surface area (Å²) in [4.78, 5) is 41.0. The molecular weight excluding hydrogens is 646 g/mol. The van der Waals surface area contributed by atoms with E-state index < -0.39 is 16.7 Å². The number of nitro groups is 1. The number of non-ortho nitro benzene ring substituents is 1. The second-order valence-electron chi connectivity index (χ2n) is 10.0. The summed E-state index contributed by atoms with van der Waals surface area (Å²) in [6.45, 7) is 4.01. The summed E-state index contributed by atoms with van der Waals surface area (Å²) < 4.78 is 12.1. The summed E-state index contributed by atoms with van der Waals surface area (Å²) in [5.41, 5.74) is 4.22. The Bertz CT molecular complexity index is 1740. The standard InChI is InChI=1S/C33H26BrN3O6S/c1-20-4-10-24(11-5-20)35-31(38)27(32(39)36(33(35)44)25-12-6-21(2)7-13-25)16-23-17-28(34)30(29(18-23)42-3)43-19-22-8-14-26(15-9-22)37(40)41/h4-18H,19H2,1-3H3. The molecule has 222 valence electrons. The van der Waals surface area contributed by atoms with Gasteiger partial charge in [-0.1, -0.05) is 35.4 Å². The number of nitro benzene ring substituents is 1. The highest BCUT2D eigenvalue weighted by molar-refractivity contribution is 9.10. The van der Waals surface area contributed by atoms with E-state index >= 15 is 0 Å². The number of hydrogen-bond donors (Lipinski definition) is 0. The Labute approximate surface area is 267 Å². The summed E-state index contributed by atoms with van der Waals surface area (Å²) in [6, 6.07) is 24.1. The quantitative estimate of drug-likeness (QED) is 0.0636. The zero-order valence-electron chi connectivity index (χ0n) is 23.9. The molecule has 4 aromatic carbocycles. The topological polar surface area (TPSA) is 102 Å². The first-order chi connectivity index (χ1) is 21.1. The molecule has 1 saturated heterocycles. The van der Waals surface area contributed by atoms with Crippen LogP contribution < -0.4 is 19.3 Å². The number of benzene rings is 4. The van der Waals surface area contributed by atoms with Gasteiger partial charge in [0.05, 0.1) is 27.9 Å². The molecule has 0 atom stereocenters. The molecule has 11 heteroatoms. The van der Waals surface area contributed by atoms with Crippen LogP contribution >= 0.6 is 28.1 Å². The number of halogens is 1. The van der Waals surface area contributed by atoms with Crippen LogP contribution in [0.5, 0.6) is 11.5 Å². The minimum atomic E-state index is -0.555. The van der Waals surface area contributed by atoms with Gasteiger partial charge < -0.3 is 9.47 Å². The van der Waals surface area contributed by atoms with E-state index in [0.29, 0.717) is 32.9 Å². The van der Waals surface area contributed by atoms with E-state index in [4.69, 9.17) is 21.7 Å². The lowest BCUT2D eigenvalue weighted by molar-refractivity contribution is -0.384. The Hall–Kier alpha value is -4.87. The summed E-state index contributed by atoms with van der Waals surface area (Å²) in [7, 11) is 1.48. The van der Waals surface area contributed by atoms with E-state index in [2.05, 4.69) is 15.9 Å². The lowest BCUT2D eigenvalue weighted by Gasteiger charge is -2.36. The minimum absolute atomic E-state index is 0.0145. The zero-order valence-corrected chi connectivity index (χ0v) is 26.3. The molecule has 0 aromatic heterocycles. The van der Waals surface area contributed by atoms with Crippen LogP contribution in [0.4, 0.5) is 17.1 Å². The zero-order chi connectivity index (χ0) is 31.5. The first-order valence-electron chi connectivity index (χ1n) is 13.4. The summed E-state index contributed by atoms with van der Waals surface area (Å²) in [5, 5.41) is 11.0. The number of carbonyl (C=O) groups excluding carboxylic acids is 2. The molecule has 1 heterocycles. The molecule has 1 fully saturated rings. The fourth-order valence-corrected chi connectivity index (χ4v) is 5.52. The van der Waals surface area contributed by atoms with Gasteiger partial charge in [0.1, 0.15) is 12.2 Å². The first kappa shape index (κ1) is 30.6. The number of methoxy groups -OCH3 is 1. The van der Waals surface area contributed by atoms with Crippen molar-refractivity contribution in [3.63, 3.8) is 0 Å². The molecule has 1 aliphatic rings. The van der Waals surface area contributed by atoms with Crippen molar-refractivity contribution in [1.82, 2.24) is 0 Å². The van der Waals surface area contributed by atoms with Crippen LogP contribution in [0, 0.1) is 24.0 Å². The number of anilines is 2. The van der Waals surface area contributed by atoms with Gasteiger partial charge >= 0.3 is 0 Å². The number of carbonyl (C=O) groups is 2. The number of nitrogens with zero attached hydrogens (tertiary/aromatic N) is 3. The van der Waals surface area contributed by atoms with Gasteiger partial charge in [0.25, 0.3) is 17.5 Å². The molecular formula is C33H26BrN3O6S. The fourth-order valence-electron chi connectivity index (χ4n) is 4.57. The van der Waals surface area contributed by atoms with Crippen molar-refractivity contribution in [2.45, 2.75) is 20.5 Å². The fraction of sp³-hybridized carbons (Fsp3) is 0.121. The van der Waals surface area contributed by atoms with Gasteiger partial charge in [-0.25, -0.2) is 0 Å². The van der Waals surface area contributed by atoms with Gasteiger partial charge in [-0.05, 0) is 108 Å². The van der Waals surface area contributed by atoms with Gasteiger partial charge in [0.15, 0.2) is 16.6 Å². The van der Waals surface area contributed by atoms with Crippen LogP contribution in [0.1, 0.15) is 22.3 Å². The maximum absolute atomic E-state index is 13.9. The molecule has 5 rings (SSSR count). The van der Waals surface area contributed by atoms with Gasteiger partial charge in [0.2, 0.25) is 0 Å². The maximum atomic E-state index is 13.9. The number of rotatable bonds is 8. The predicted octanol–water partition coefficient (Wildman–Crippen LogP) is 7.31. The van der Waals surface area contributed by atoms with Crippen LogP contribution in [0.2, 0.25) is 0 Å². The molecule has 0 spiro atoms. The van der Waals surface area contributed by atoms with Crippen molar-refractivity contribution in [1.29, 1.82) is 0 Å². The Morgan fingerprint density at radius 3 is 1.86 bits per heavy atom. The lowest BCUT2D eigenvalue weighted by Crippen LogP contribution is -2.56. The van der Waals surface area contributed by atoms with Crippen LogP contribution in [0.25, 0.3) is 6.08 Å². The number of hydrogen-bond acceptors (Lipinski definition) is 7. The predicted molar refractivity (Wildman–Crippen MR) is 176 cm³/mol.